The Hall–Kier alpha value is -2.24. The molecule has 0 spiro atoms. The van der Waals surface area contributed by atoms with E-state index in [1.54, 1.807) is 19.2 Å². The van der Waals surface area contributed by atoms with Crippen LogP contribution in [0.25, 0.3) is 0 Å². The highest BCUT2D eigenvalue weighted by Crippen LogP contribution is 2.15. The first-order chi connectivity index (χ1) is 13.1. The largest absolute Gasteiger partial charge is 0.497 e. The van der Waals surface area contributed by atoms with Gasteiger partial charge in [-0.2, -0.15) is 0 Å². The topological polar surface area (TPSA) is 50.8 Å². The molecule has 1 N–H and O–H groups in total. The first-order valence-corrected chi connectivity index (χ1v) is 9.41. The van der Waals surface area contributed by atoms with Crippen LogP contribution < -0.4 is 14.8 Å². The van der Waals surface area contributed by atoms with Crippen molar-refractivity contribution >= 4 is 17.5 Å². The third-order valence-electron chi connectivity index (χ3n) is 4.07. The lowest BCUT2D eigenvalue weighted by Gasteiger charge is -2.16. The van der Waals surface area contributed by atoms with E-state index in [1.165, 1.54) is 5.56 Å². The van der Waals surface area contributed by atoms with Gasteiger partial charge in [0.15, 0.2) is 0 Å². The first-order valence-electron chi connectivity index (χ1n) is 9.03. The summed E-state index contributed by atoms with van der Waals surface area (Å²) in [6, 6.07) is 15.2. The lowest BCUT2D eigenvalue weighted by molar-refractivity contribution is -0.121. The molecule has 0 radical (unpaired) electrons. The Morgan fingerprint density at radius 1 is 1.07 bits per heavy atom. The standard InChI is InChI=1S/C21H27ClN2O3/c1-24(14-3-15-27-20-10-6-18(22)7-11-20)16-21(25)23-13-12-17-4-8-19(26-2)9-5-17/h4-11H,3,12-16H2,1-2H3,(H,23,25). The minimum atomic E-state index is 0.0321. The van der Waals surface area contributed by atoms with Crippen LogP contribution in [-0.4, -0.2) is 51.2 Å². The average molecular weight is 391 g/mol. The van der Waals surface area contributed by atoms with Crippen LogP contribution in [0.4, 0.5) is 0 Å². The lowest BCUT2D eigenvalue weighted by Crippen LogP contribution is -2.36. The van der Waals surface area contributed by atoms with Crippen molar-refractivity contribution in [2.75, 3.05) is 40.4 Å². The van der Waals surface area contributed by atoms with Gasteiger partial charge in [-0.25, -0.2) is 0 Å². The second-order valence-corrected chi connectivity index (χ2v) is 6.78. The summed E-state index contributed by atoms with van der Waals surface area (Å²) >= 11 is 5.84. The fourth-order valence-electron chi connectivity index (χ4n) is 2.57. The molecule has 2 rings (SSSR count). The molecular formula is C21H27ClN2O3. The van der Waals surface area contributed by atoms with Gasteiger partial charge in [-0.05, 0) is 61.9 Å². The van der Waals surface area contributed by atoms with E-state index in [-0.39, 0.29) is 5.91 Å². The summed E-state index contributed by atoms with van der Waals surface area (Å²) in [5, 5.41) is 3.65. The summed E-state index contributed by atoms with van der Waals surface area (Å²) in [5.41, 5.74) is 1.17. The number of carbonyl (C=O) groups is 1. The maximum Gasteiger partial charge on any atom is 0.234 e. The molecule has 5 nitrogen and oxygen atoms in total. The van der Waals surface area contributed by atoms with E-state index in [0.717, 1.165) is 30.9 Å². The molecular weight excluding hydrogens is 364 g/mol. The Morgan fingerprint density at radius 2 is 1.74 bits per heavy atom. The molecule has 0 saturated carbocycles. The first kappa shape index (κ1) is 21.1. The van der Waals surface area contributed by atoms with Crippen LogP contribution in [0.5, 0.6) is 11.5 Å². The number of hydrogen-bond acceptors (Lipinski definition) is 4. The van der Waals surface area contributed by atoms with Crippen LogP contribution in [0.3, 0.4) is 0 Å². The molecule has 0 bridgehead atoms. The monoisotopic (exact) mass is 390 g/mol. The summed E-state index contributed by atoms with van der Waals surface area (Å²) in [7, 11) is 3.58. The molecule has 0 saturated heterocycles. The number of carbonyl (C=O) groups excluding carboxylic acids is 1. The highest BCUT2D eigenvalue weighted by molar-refractivity contribution is 6.30. The second kappa shape index (κ2) is 11.5. The zero-order chi connectivity index (χ0) is 19.5. The van der Waals surface area contributed by atoms with Gasteiger partial charge in [0, 0.05) is 18.1 Å². The fraction of sp³-hybridized carbons (Fsp3) is 0.381. The molecule has 2 aromatic rings. The number of rotatable bonds is 11. The molecule has 1 amide bonds. The van der Waals surface area contributed by atoms with Gasteiger partial charge in [0.1, 0.15) is 11.5 Å². The number of nitrogens with one attached hydrogen (secondary N) is 1. The van der Waals surface area contributed by atoms with Gasteiger partial charge in [0.05, 0.1) is 20.3 Å². The number of likely N-dealkylation sites (N-methyl/N-ethyl adjacent to an activating group) is 1. The molecule has 0 aliphatic rings. The van der Waals surface area contributed by atoms with Crippen LogP contribution in [-0.2, 0) is 11.2 Å². The van der Waals surface area contributed by atoms with E-state index in [0.29, 0.717) is 24.7 Å². The van der Waals surface area contributed by atoms with Gasteiger partial charge in [0.2, 0.25) is 5.91 Å². The van der Waals surface area contributed by atoms with E-state index in [4.69, 9.17) is 21.1 Å². The highest BCUT2D eigenvalue weighted by atomic mass is 35.5. The number of benzene rings is 2. The minimum Gasteiger partial charge on any atom is -0.497 e. The summed E-state index contributed by atoms with van der Waals surface area (Å²) in [6.07, 6.45) is 1.65. The highest BCUT2D eigenvalue weighted by Gasteiger charge is 2.06. The Balaban J connectivity index is 1.55. The summed E-state index contributed by atoms with van der Waals surface area (Å²) in [5.74, 6) is 1.67. The molecule has 0 heterocycles. The minimum absolute atomic E-state index is 0.0321. The smallest absolute Gasteiger partial charge is 0.234 e. The zero-order valence-corrected chi connectivity index (χ0v) is 16.7. The number of halogens is 1. The van der Waals surface area contributed by atoms with Crippen molar-refractivity contribution in [3.8, 4) is 11.5 Å². The van der Waals surface area contributed by atoms with Gasteiger partial charge in [-0.1, -0.05) is 23.7 Å². The third kappa shape index (κ3) is 8.33. The molecule has 6 heteroatoms. The van der Waals surface area contributed by atoms with Gasteiger partial charge >= 0.3 is 0 Å². The van der Waals surface area contributed by atoms with Crippen LogP contribution in [0.15, 0.2) is 48.5 Å². The van der Waals surface area contributed by atoms with Crippen molar-refractivity contribution in [1.29, 1.82) is 0 Å². The molecule has 0 unspecified atom stereocenters. The van der Waals surface area contributed by atoms with E-state index >= 15 is 0 Å². The number of hydrogen-bond donors (Lipinski definition) is 1. The second-order valence-electron chi connectivity index (χ2n) is 6.34. The van der Waals surface area contributed by atoms with Crippen molar-refractivity contribution < 1.29 is 14.3 Å². The molecule has 0 aliphatic carbocycles. The summed E-state index contributed by atoms with van der Waals surface area (Å²) in [4.78, 5) is 14.0. The van der Waals surface area contributed by atoms with E-state index in [2.05, 4.69) is 5.32 Å². The van der Waals surface area contributed by atoms with Gasteiger partial charge in [-0.15, -0.1) is 0 Å². The number of nitrogens with zero attached hydrogens (tertiary/aromatic N) is 1. The lowest BCUT2D eigenvalue weighted by atomic mass is 10.1. The third-order valence-corrected chi connectivity index (χ3v) is 4.33. The van der Waals surface area contributed by atoms with Crippen molar-refractivity contribution in [3.05, 3.63) is 59.1 Å². The Kier molecular flexibility index (Phi) is 8.95. The fourth-order valence-corrected chi connectivity index (χ4v) is 2.70. The Morgan fingerprint density at radius 3 is 2.41 bits per heavy atom. The van der Waals surface area contributed by atoms with Gasteiger partial charge < -0.3 is 14.8 Å². The quantitative estimate of drug-likeness (QED) is 0.597. The summed E-state index contributed by atoms with van der Waals surface area (Å²) < 4.78 is 10.8. The van der Waals surface area contributed by atoms with E-state index in [9.17, 15) is 4.79 Å². The average Bonchev–Trinajstić information content (AvgIpc) is 2.67. The number of ether oxygens (including phenoxy) is 2. The van der Waals surface area contributed by atoms with Crippen molar-refractivity contribution in [2.24, 2.45) is 0 Å². The molecule has 0 atom stereocenters. The van der Waals surface area contributed by atoms with Crippen molar-refractivity contribution in [3.63, 3.8) is 0 Å². The zero-order valence-electron chi connectivity index (χ0n) is 15.9. The van der Waals surface area contributed by atoms with Crippen LogP contribution in [0.2, 0.25) is 5.02 Å². The maximum atomic E-state index is 12.0. The van der Waals surface area contributed by atoms with Crippen LogP contribution >= 0.6 is 11.6 Å². The SMILES string of the molecule is COc1ccc(CCNC(=O)CN(C)CCCOc2ccc(Cl)cc2)cc1. The normalized spacial score (nSPS) is 10.7. The van der Waals surface area contributed by atoms with Gasteiger partial charge in [0.25, 0.3) is 0 Å². The molecule has 0 fully saturated rings. The summed E-state index contributed by atoms with van der Waals surface area (Å²) in [6.45, 7) is 2.40. The molecule has 146 valence electrons. The van der Waals surface area contributed by atoms with Crippen molar-refractivity contribution in [1.82, 2.24) is 10.2 Å². The Labute approximate surface area is 166 Å². The molecule has 2 aromatic carbocycles. The van der Waals surface area contributed by atoms with Gasteiger partial charge in [-0.3, -0.25) is 9.69 Å². The maximum absolute atomic E-state index is 12.0. The van der Waals surface area contributed by atoms with Crippen LogP contribution in [0.1, 0.15) is 12.0 Å². The van der Waals surface area contributed by atoms with Crippen LogP contribution in [0, 0.1) is 0 Å². The van der Waals surface area contributed by atoms with E-state index < -0.39 is 0 Å². The number of amides is 1. The number of methoxy groups -OCH3 is 1. The molecule has 0 aromatic heterocycles. The predicted octanol–water partition coefficient (Wildman–Crippen LogP) is 3.41. The Bertz CT molecular complexity index is 690. The molecule has 0 aliphatic heterocycles. The van der Waals surface area contributed by atoms with E-state index in [1.807, 2.05) is 48.3 Å². The van der Waals surface area contributed by atoms with Crippen molar-refractivity contribution in [2.45, 2.75) is 12.8 Å². The molecule has 27 heavy (non-hydrogen) atoms. The predicted molar refractivity (Wildman–Crippen MR) is 109 cm³/mol.